The Morgan fingerprint density at radius 3 is 2.46 bits per heavy atom. The van der Waals surface area contributed by atoms with E-state index < -0.39 is 0 Å². The topological polar surface area (TPSA) is 29.0 Å². The fraction of sp³-hybridized carbons (Fsp3) is 0.158. The summed E-state index contributed by atoms with van der Waals surface area (Å²) in [6, 6.07) is 17.1. The van der Waals surface area contributed by atoms with Crippen molar-refractivity contribution in [3.05, 3.63) is 87.7 Å². The number of rotatable bonds is 6. The van der Waals surface area contributed by atoms with E-state index in [4.69, 9.17) is 11.6 Å². The van der Waals surface area contributed by atoms with Crippen molar-refractivity contribution in [2.75, 3.05) is 11.4 Å². The van der Waals surface area contributed by atoms with Gasteiger partial charge in [0.25, 0.3) is 0 Å². The molecule has 2 heterocycles. The molecule has 0 aliphatic heterocycles. The van der Waals surface area contributed by atoms with Crippen LogP contribution in [0.2, 0.25) is 5.02 Å². The van der Waals surface area contributed by atoms with Gasteiger partial charge in [0, 0.05) is 47.2 Å². The second kappa shape index (κ2) is 8.27. The molecule has 0 aliphatic rings. The number of aromatic nitrogens is 2. The molecule has 0 saturated heterocycles. The normalized spacial score (nSPS) is 10.6. The van der Waals surface area contributed by atoms with Gasteiger partial charge in [0.2, 0.25) is 0 Å². The van der Waals surface area contributed by atoms with Crippen LogP contribution in [0.4, 0.5) is 5.82 Å². The quantitative estimate of drug-likeness (QED) is 0.585. The second-order valence-corrected chi connectivity index (χ2v) is 6.76. The number of anilines is 1. The SMILES string of the molecule is Clc1ccc(CCN(Cc2ccncc2)c2[c]cc(Br)cn2)cc1. The van der Waals surface area contributed by atoms with Gasteiger partial charge in [-0.2, -0.15) is 0 Å². The molecule has 1 radical (unpaired) electrons. The van der Waals surface area contributed by atoms with Crippen LogP contribution in [0.3, 0.4) is 0 Å². The van der Waals surface area contributed by atoms with Crippen molar-refractivity contribution in [1.29, 1.82) is 0 Å². The Balaban J connectivity index is 1.76. The molecule has 3 rings (SSSR count). The average molecular weight is 402 g/mol. The minimum atomic E-state index is 0.760. The van der Waals surface area contributed by atoms with Gasteiger partial charge in [-0.25, -0.2) is 4.98 Å². The zero-order valence-corrected chi connectivity index (χ0v) is 15.3. The van der Waals surface area contributed by atoms with Crippen LogP contribution in [-0.4, -0.2) is 16.5 Å². The Bertz CT molecular complexity index is 761. The second-order valence-electron chi connectivity index (χ2n) is 5.41. The van der Waals surface area contributed by atoms with E-state index in [1.165, 1.54) is 11.1 Å². The van der Waals surface area contributed by atoms with Crippen LogP contribution in [-0.2, 0) is 13.0 Å². The first-order chi connectivity index (χ1) is 11.7. The van der Waals surface area contributed by atoms with Gasteiger partial charge >= 0.3 is 0 Å². The Morgan fingerprint density at radius 2 is 1.79 bits per heavy atom. The van der Waals surface area contributed by atoms with E-state index in [0.29, 0.717) is 0 Å². The third kappa shape index (κ3) is 4.79. The molecule has 0 bridgehead atoms. The summed E-state index contributed by atoms with van der Waals surface area (Å²) in [6.07, 6.45) is 6.33. The summed E-state index contributed by atoms with van der Waals surface area (Å²) in [5.41, 5.74) is 2.44. The number of pyridine rings is 2. The highest BCUT2D eigenvalue weighted by molar-refractivity contribution is 9.10. The fourth-order valence-corrected chi connectivity index (χ4v) is 2.73. The van der Waals surface area contributed by atoms with Crippen molar-refractivity contribution < 1.29 is 0 Å². The zero-order chi connectivity index (χ0) is 16.8. The highest BCUT2D eigenvalue weighted by atomic mass is 79.9. The Morgan fingerprint density at radius 1 is 1.04 bits per heavy atom. The molecule has 5 heteroatoms. The van der Waals surface area contributed by atoms with Crippen molar-refractivity contribution in [1.82, 2.24) is 9.97 Å². The fourth-order valence-electron chi connectivity index (χ4n) is 2.39. The first-order valence-electron chi connectivity index (χ1n) is 7.62. The minimum absolute atomic E-state index is 0.760. The number of nitrogens with zero attached hydrogens (tertiary/aromatic N) is 3. The van der Waals surface area contributed by atoms with Crippen molar-refractivity contribution in [3.63, 3.8) is 0 Å². The van der Waals surface area contributed by atoms with E-state index in [9.17, 15) is 0 Å². The first kappa shape index (κ1) is 16.9. The summed E-state index contributed by atoms with van der Waals surface area (Å²) in [5.74, 6) is 0.837. The van der Waals surface area contributed by atoms with E-state index in [-0.39, 0.29) is 0 Å². The molecule has 3 nitrogen and oxygen atoms in total. The number of hydrogen-bond donors (Lipinski definition) is 0. The van der Waals surface area contributed by atoms with E-state index in [1.54, 1.807) is 6.20 Å². The van der Waals surface area contributed by atoms with Gasteiger partial charge in [0.15, 0.2) is 0 Å². The summed E-state index contributed by atoms with van der Waals surface area (Å²) in [5, 5.41) is 0.760. The van der Waals surface area contributed by atoms with Crippen molar-refractivity contribution >= 4 is 33.3 Å². The van der Waals surface area contributed by atoms with Gasteiger partial charge in [0.05, 0.1) is 0 Å². The van der Waals surface area contributed by atoms with Crippen molar-refractivity contribution in [3.8, 4) is 0 Å². The maximum atomic E-state index is 5.96. The Labute approximate surface area is 155 Å². The molecule has 0 saturated carbocycles. The highest BCUT2D eigenvalue weighted by Crippen LogP contribution is 2.18. The molecule has 0 unspecified atom stereocenters. The minimum Gasteiger partial charge on any atom is -0.351 e. The Kier molecular flexibility index (Phi) is 5.83. The molecule has 24 heavy (non-hydrogen) atoms. The zero-order valence-electron chi connectivity index (χ0n) is 13.0. The molecular weight excluding hydrogens is 386 g/mol. The van der Waals surface area contributed by atoms with Crippen LogP contribution in [0.1, 0.15) is 11.1 Å². The van der Waals surface area contributed by atoms with Gasteiger partial charge in [-0.1, -0.05) is 23.7 Å². The van der Waals surface area contributed by atoms with E-state index >= 15 is 0 Å². The predicted octanol–water partition coefficient (Wildman–Crippen LogP) is 4.94. The molecule has 0 fully saturated rings. The van der Waals surface area contributed by atoms with Gasteiger partial charge < -0.3 is 4.90 Å². The van der Waals surface area contributed by atoms with Gasteiger partial charge in [-0.05, 0) is 63.8 Å². The van der Waals surface area contributed by atoms with Gasteiger partial charge in [0.1, 0.15) is 5.82 Å². The smallest absolute Gasteiger partial charge is 0.136 e. The molecular formula is C19H16BrClN3. The van der Waals surface area contributed by atoms with Gasteiger partial charge in [-0.15, -0.1) is 0 Å². The van der Waals surface area contributed by atoms with Crippen LogP contribution in [0.5, 0.6) is 0 Å². The number of benzene rings is 1. The third-order valence-electron chi connectivity index (χ3n) is 3.66. The van der Waals surface area contributed by atoms with E-state index in [1.807, 2.05) is 42.7 Å². The van der Waals surface area contributed by atoms with Crippen LogP contribution in [0.25, 0.3) is 0 Å². The summed E-state index contributed by atoms with van der Waals surface area (Å²) in [6.45, 7) is 1.61. The number of halogens is 2. The molecule has 0 aliphatic carbocycles. The molecule has 0 N–H and O–H groups in total. The van der Waals surface area contributed by atoms with Crippen LogP contribution < -0.4 is 4.90 Å². The molecule has 1 aromatic carbocycles. The largest absolute Gasteiger partial charge is 0.351 e. The lowest BCUT2D eigenvalue weighted by molar-refractivity contribution is 0.766. The summed E-state index contributed by atoms with van der Waals surface area (Å²) in [4.78, 5) is 10.8. The maximum Gasteiger partial charge on any atom is 0.136 e. The van der Waals surface area contributed by atoms with E-state index in [2.05, 4.69) is 49.0 Å². The van der Waals surface area contributed by atoms with Crippen molar-refractivity contribution in [2.24, 2.45) is 0 Å². The third-order valence-corrected chi connectivity index (χ3v) is 4.34. The number of hydrogen-bond acceptors (Lipinski definition) is 3. The lowest BCUT2D eigenvalue weighted by Gasteiger charge is -2.23. The highest BCUT2D eigenvalue weighted by Gasteiger charge is 2.10. The molecule has 2 aromatic heterocycles. The summed E-state index contributed by atoms with van der Waals surface area (Å²) >= 11 is 9.37. The molecule has 0 spiro atoms. The predicted molar refractivity (Wildman–Crippen MR) is 101 cm³/mol. The monoisotopic (exact) mass is 400 g/mol. The van der Waals surface area contributed by atoms with Crippen molar-refractivity contribution in [2.45, 2.75) is 13.0 Å². The molecule has 3 aromatic rings. The van der Waals surface area contributed by atoms with Crippen LogP contribution in [0, 0.1) is 6.07 Å². The summed E-state index contributed by atoms with van der Waals surface area (Å²) < 4.78 is 0.924. The molecule has 0 atom stereocenters. The van der Waals surface area contributed by atoms with Crippen LogP contribution >= 0.6 is 27.5 Å². The molecule has 0 amide bonds. The Hall–Kier alpha value is -1.91. The molecule has 121 valence electrons. The average Bonchev–Trinajstić information content (AvgIpc) is 2.62. The van der Waals surface area contributed by atoms with E-state index in [0.717, 1.165) is 34.8 Å². The first-order valence-corrected chi connectivity index (χ1v) is 8.79. The standard InChI is InChI=1S/C19H16BrClN3/c20-17-3-6-19(23-13-17)24(14-16-7-10-22-11-8-16)12-9-15-1-4-18(21)5-2-15/h1-5,7-8,10-11,13H,9,12,14H2. The van der Waals surface area contributed by atoms with Gasteiger partial charge in [-0.3, -0.25) is 4.98 Å². The maximum absolute atomic E-state index is 5.96. The lowest BCUT2D eigenvalue weighted by atomic mass is 10.1. The summed E-state index contributed by atoms with van der Waals surface area (Å²) in [7, 11) is 0. The lowest BCUT2D eigenvalue weighted by Crippen LogP contribution is -2.26. The van der Waals surface area contributed by atoms with Crippen LogP contribution in [0.15, 0.2) is 65.5 Å².